The summed E-state index contributed by atoms with van der Waals surface area (Å²) in [4.78, 5) is 2.33. The topological polar surface area (TPSA) is 21.3 Å². The zero-order valence-electron chi connectivity index (χ0n) is 35.9. The van der Waals surface area contributed by atoms with Crippen LogP contribution in [0.15, 0.2) is 248 Å². The van der Waals surface area contributed by atoms with E-state index in [-0.39, 0.29) is 5.92 Å². The molecule has 1 aliphatic rings. The average molecular weight is 833 g/mol. The highest BCUT2D eigenvalue weighted by molar-refractivity contribution is 6.16. The average Bonchev–Trinajstić information content (AvgIpc) is 3.92. The number of benzene rings is 9. The summed E-state index contributed by atoms with van der Waals surface area (Å²) in [5, 5.41) is 9.38. The predicted octanol–water partition coefficient (Wildman–Crippen LogP) is 17.2. The molecule has 0 saturated heterocycles. The molecule has 3 heteroatoms. The van der Waals surface area contributed by atoms with E-state index < -0.39 is 0 Å². The van der Waals surface area contributed by atoms with Crippen LogP contribution in [0.1, 0.15) is 23.5 Å². The van der Waals surface area contributed by atoms with Crippen LogP contribution in [-0.2, 0) is 0 Å². The van der Waals surface area contributed by atoms with Crippen LogP contribution in [-0.4, -0.2) is 4.57 Å². The SMILES string of the molecule is C=C/C(=C\C(=C)n1c2ccccc2c2ccccc21)N(c1ccc(C2C=C(c3ccc4ccccc4c3)C=CC2)cc1)c1ccccc1-c1ccc2oc3c4ccccc4ccc3c2c1. The standard InChI is InChI=1S/C62H44N2O/c1-3-50(37-41(2)63-59-25-12-9-22-54(59)55-23-10-13-26-60(55)63)64(51-33-29-43(30-34-51)46-18-14-19-47(38-46)48-28-27-42-15-4-5-17-45(42)39-48)58-24-11-8-20-52(58)49-32-36-61-57(40-49)56-35-31-44-16-6-7-21-53(44)62(56)65-61/h3-17,19-40,46H,1-2,18H2/b50-37+. The van der Waals surface area contributed by atoms with Gasteiger partial charge in [0.1, 0.15) is 11.2 Å². The summed E-state index contributed by atoms with van der Waals surface area (Å²) in [7, 11) is 0. The highest BCUT2D eigenvalue weighted by atomic mass is 16.3. The zero-order chi connectivity index (χ0) is 43.4. The number of fused-ring (bicyclic) bond motifs is 9. The number of hydrogen-bond acceptors (Lipinski definition) is 2. The van der Waals surface area contributed by atoms with Crippen molar-refractivity contribution >= 4 is 87.9 Å². The van der Waals surface area contributed by atoms with Crippen molar-refractivity contribution in [1.29, 1.82) is 0 Å². The van der Waals surface area contributed by atoms with Gasteiger partial charge in [0.05, 0.1) is 16.7 Å². The summed E-state index contributed by atoms with van der Waals surface area (Å²) in [6.07, 6.45) is 12.1. The van der Waals surface area contributed by atoms with Crippen molar-refractivity contribution < 1.29 is 4.42 Å². The number of anilines is 2. The molecule has 0 aliphatic heterocycles. The molecule has 1 unspecified atom stereocenters. The number of aromatic nitrogens is 1. The van der Waals surface area contributed by atoms with E-state index in [4.69, 9.17) is 11.0 Å². The lowest BCUT2D eigenvalue weighted by molar-refractivity contribution is 0.672. The van der Waals surface area contributed by atoms with Crippen molar-refractivity contribution in [1.82, 2.24) is 4.57 Å². The summed E-state index contributed by atoms with van der Waals surface area (Å²) in [5.41, 5.74) is 13.7. The molecule has 308 valence electrons. The second-order valence-electron chi connectivity index (χ2n) is 17.0. The maximum Gasteiger partial charge on any atom is 0.143 e. The van der Waals surface area contributed by atoms with Crippen LogP contribution in [0.2, 0.25) is 0 Å². The number of nitrogens with zero attached hydrogens (tertiary/aromatic N) is 2. The van der Waals surface area contributed by atoms with E-state index in [9.17, 15) is 0 Å². The zero-order valence-corrected chi connectivity index (χ0v) is 35.9. The lowest BCUT2D eigenvalue weighted by Gasteiger charge is -2.29. The van der Waals surface area contributed by atoms with E-state index in [1.807, 2.05) is 6.08 Å². The monoisotopic (exact) mass is 832 g/mol. The van der Waals surface area contributed by atoms with E-state index in [0.29, 0.717) is 0 Å². The van der Waals surface area contributed by atoms with E-state index in [1.165, 1.54) is 43.6 Å². The molecule has 0 saturated carbocycles. The molecule has 12 rings (SSSR count). The van der Waals surface area contributed by atoms with Crippen LogP contribution >= 0.6 is 0 Å². The maximum absolute atomic E-state index is 6.56. The first-order chi connectivity index (χ1) is 32.1. The van der Waals surface area contributed by atoms with Gasteiger partial charge < -0.3 is 13.9 Å². The Labute approximate surface area is 378 Å². The van der Waals surface area contributed by atoms with E-state index >= 15 is 0 Å². The second-order valence-corrected chi connectivity index (χ2v) is 17.0. The molecular weight excluding hydrogens is 789 g/mol. The predicted molar refractivity (Wildman–Crippen MR) is 277 cm³/mol. The molecule has 3 nitrogen and oxygen atoms in total. The molecular formula is C62H44N2O. The second kappa shape index (κ2) is 15.7. The summed E-state index contributed by atoms with van der Waals surface area (Å²) < 4.78 is 8.82. The van der Waals surface area contributed by atoms with Gasteiger partial charge in [0.15, 0.2) is 0 Å². The third-order valence-electron chi connectivity index (χ3n) is 13.2. The van der Waals surface area contributed by atoms with Crippen LogP contribution in [0.25, 0.3) is 87.7 Å². The lowest BCUT2D eigenvalue weighted by Crippen LogP contribution is -2.17. The van der Waals surface area contributed by atoms with Crippen LogP contribution < -0.4 is 4.90 Å². The van der Waals surface area contributed by atoms with Crippen molar-refractivity contribution in [3.05, 3.63) is 254 Å². The summed E-state index contributed by atoms with van der Waals surface area (Å²) in [6.45, 7) is 9.17. The molecule has 0 spiro atoms. The molecule has 65 heavy (non-hydrogen) atoms. The molecule has 0 bridgehead atoms. The fourth-order valence-electron chi connectivity index (χ4n) is 10.0. The van der Waals surface area contributed by atoms with Gasteiger partial charge in [-0.2, -0.15) is 0 Å². The molecule has 11 aromatic rings. The van der Waals surface area contributed by atoms with Gasteiger partial charge >= 0.3 is 0 Å². The van der Waals surface area contributed by atoms with Gasteiger partial charge in [-0.1, -0.05) is 171 Å². The van der Waals surface area contributed by atoms with Gasteiger partial charge in [-0.15, -0.1) is 0 Å². The third-order valence-corrected chi connectivity index (χ3v) is 13.2. The van der Waals surface area contributed by atoms with E-state index in [1.54, 1.807) is 0 Å². The summed E-state index contributed by atoms with van der Waals surface area (Å²) in [6, 6.07) is 69.6. The van der Waals surface area contributed by atoms with Crippen molar-refractivity contribution in [3.8, 4) is 11.1 Å². The van der Waals surface area contributed by atoms with Crippen LogP contribution in [0, 0.1) is 0 Å². The Morgan fingerprint density at radius 1 is 0.585 bits per heavy atom. The van der Waals surface area contributed by atoms with Gasteiger partial charge in [0.25, 0.3) is 0 Å². The molecule has 0 radical (unpaired) electrons. The van der Waals surface area contributed by atoms with E-state index in [2.05, 4.69) is 234 Å². The van der Waals surface area contributed by atoms with Gasteiger partial charge in [0.2, 0.25) is 0 Å². The first-order valence-corrected chi connectivity index (χ1v) is 22.3. The Hall–Kier alpha value is -8.40. The molecule has 0 N–H and O–H groups in total. The number of para-hydroxylation sites is 3. The Bertz CT molecular complexity index is 3740. The highest BCUT2D eigenvalue weighted by Gasteiger charge is 2.22. The molecule has 2 aromatic heterocycles. The first kappa shape index (κ1) is 38.3. The molecule has 1 atom stereocenters. The Morgan fingerprint density at radius 3 is 2.03 bits per heavy atom. The maximum atomic E-state index is 6.56. The van der Waals surface area contributed by atoms with Gasteiger partial charge in [-0.25, -0.2) is 0 Å². The quantitative estimate of drug-likeness (QED) is 0.135. The minimum Gasteiger partial charge on any atom is -0.455 e. The smallest absolute Gasteiger partial charge is 0.143 e. The third kappa shape index (κ3) is 6.60. The summed E-state index contributed by atoms with van der Waals surface area (Å²) >= 11 is 0. The number of allylic oxidation sites excluding steroid dienone is 7. The van der Waals surface area contributed by atoms with Crippen molar-refractivity contribution in [2.24, 2.45) is 0 Å². The van der Waals surface area contributed by atoms with Crippen molar-refractivity contribution in [3.63, 3.8) is 0 Å². The lowest BCUT2D eigenvalue weighted by atomic mass is 9.87. The largest absolute Gasteiger partial charge is 0.455 e. The summed E-state index contributed by atoms with van der Waals surface area (Å²) in [5.74, 6) is 0.245. The van der Waals surface area contributed by atoms with Gasteiger partial charge in [-0.3, -0.25) is 0 Å². The Morgan fingerprint density at radius 2 is 1.25 bits per heavy atom. The van der Waals surface area contributed by atoms with Gasteiger partial charge in [-0.05, 0) is 112 Å². The van der Waals surface area contributed by atoms with Crippen molar-refractivity contribution in [2.45, 2.75) is 12.3 Å². The molecule has 2 heterocycles. The number of rotatable bonds is 9. The molecule has 0 fully saturated rings. The highest BCUT2D eigenvalue weighted by Crippen LogP contribution is 2.43. The van der Waals surface area contributed by atoms with Crippen LogP contribution in [0.4, 0.5) is 11.4 Å². The van der Waals surface area contributed by atoms with Crippen LogP contribution in [0.5, 0.6) is 0 Å². The minimum atomic E-state index is 0.245. The first-order valence-electron chi connectivity index (χ1n) is 22.3. The minimum absolute atomic E-state index is 0.245. The Kier molecular flexibility index (Phi) is 9.28. The molecule has 1 aliphatic carbocycles. The fourth-order valence-corrected chi connectivity index (χ4v) is 10.0. The Balaban J connectivity index is 0.985. The molecule has 0 amide bonds. The normalized spacial score (nSPS) is 14.2. The van der Waals surface area contributed by atoms with E-state index in [0.717, 1.165) is 78.7 Å². The number of hydrogen-bond donors (Lipinski definition) is 0. The fraction of sp³-hybridized carbons (Fsp3) is 0.0323. The van der Waals surface area contributed by atoms with Crippen molar-refractivity contribution in [2.75, 3.05) is 4.90 Å². The number of furan rings is 1. The van der Waals surface area contributed by atoms with Crippen LogP contribution in [0.3, 0.4) is 0 Å². The molecule has 9 aromatic carbocycles. The van der Waals surface area contributed by atoms with Gasteiger partial charge in [0, 0.05) is 55.5 Å².